The van der Waals surface area contributed by atoms with E-state index in [9.17, 15) is 17.9 Å². The molecule has 4 N–H and O–H groups in total. The molecule has 5 nitrogen and oxygen atoms in total. The fraction of sp³-hybridized carbons (Fsp3) is 0.0769. The van der Waals surface area contributed by atoms with Crippen LogP contribution in [-0.4, -0.2) is 13.5 Å². The van der Waals surface area contributed by atoms with Gasteiger partial charge in [0.2, 0.25) is 10.0 Å². The molecule has 0 aromatic heterocycles. The van der Waals surface area contributed by atoms with Crippen LogP contribution in [0.2, 0.25) is 0 Å². The van der Waals surface area contributed by atoms with Gasteiger partial charge in [0.25, 0.3) is 0 Å². The van der Waals surface area contributed by atoms with E-state index in [2.05, 4.69) is 5.32 Å². The Morgan fingerprint density at radius 2 is 1.95 bits per heavy atom. The average molecular weight is 296 g/mol. The molecule has 0 saturated carbocycles. The molecular weight excluding hydrogens is 283 g/mol. The SMILES string of the molecule is NS(=O)(=O)c1cccc(NCc2cc(O)cc(F)c2)c1. The van der Waals surface area contributed by atoms with E-state index in [1.54, 1.807) is 12.1 Å². The van der Waals surface area contributed by atoms with Crippen molar-refractivity contribution in [2.24, 2.45) is 5.14 Å². The fourth-order valence-electron chi connectivity index (χ4n) is 1.72. The van der Waals surface area contributed by atoms with E-state index >= 15 is 0 Å². The quantitative estimate of drug-likeness (QED) is 0.802. The van der Waals surface area contributed by atoms with Crippen LogP contribution < -0.4 is 10.5 Å². The Balaban J connectivity index is 2.15. The van der Waals surface area contributed by atoms with Gasteiger partial charge in [-0.1, -0.05) is 6.07 Å². The van der Waals surface area contributed by atoms with Gasteiger partial charge in [-0.25, -0.2) is 17.9 Å². The Hall–Kier alpha value is -2.12. The van der Waals surface area contributed by atoms with Gasteiger partial charge >= 0.3 is 0 Å². The Bertz CT molecular complexity index is 712. The summed E-state index contributed by atoms with van der Waals surface area (Å²) in [7, 11) is -3.76. The van der Waals surface area contributed by atoms with E-state index in [0.29, 0.717) is 11.3 Å². The molecule has 0 aliphatic carbocycles. The van der Waals surface area contributed by atoms with E-state index in [0.717, 1.165) is 6.07 Å². The number of nitrogens with two attached hydrogens (primary N) is 1. The highest BCUT2D eigenvalue weighted by atomic mass is 32.2. The smallest absolute Gasteiger partial charge is 0.238 e. The second-order valence-electron chi connectivity index (χ2n) is 4.24. The molecule has 0 heterocycles. The van der Waals surface area contributed by atoms with Crippen molar-refractivity contribution in [3.63, 3.8) is 0 Å². The van der Waals surface area contributed by atoms with Gasteiger partial charge in [-0.3, -0.25) is 0 Å². The van der Waals surface area contributed by atoms with Crippen molar-refractivity contribution in [1.82, 2.24) is 0 Å². The zero-order valence-electron chi connectivity index (χ0n) is 10.4. The lowest BCUT2D eigenvalue weighted by atomic mass is 10.2. The fourth-order valence-corrected chi connectivity index (χ4v) is 2.28. The van der Waals surface area contributed by atoms with Crippen molar-refractivity contribution in [2.75, 3.05) is 5.32 Å². The molecule has 0 unspecified atom stereocenters. The van der Waals surface area contributed by atoms with Crippen LogP contribution in [0.3, 0.4) is 0 Å². The normalized spacial score (nSPS) is 11.3. The van der Waals surface area contributed by atoms with Crippen molar-refractivity contribution in [1.29, 1.82) is 0 Å². The van der Waals surface area contributed by atoms with Crippen LogP contribution in [0.5, 0.6) is 5.75 Å². The molecule has 106 valence electrons. The summed E-state index contributed by atoms with van der Waals surface area (Å²) in [5.74, 6) is -0.708. The van der Waals surface area contributed by atoms with Crippen LogP contribution >= 0.6 is 0 Å². The van der Waals surface area contributed by atoms with Crippen molar-refractivity contribution in [3.8, 4) is 5.75 Å². The molecule has 0 aliphatic heterocycles. The summed E-state index contributed by atoms with van der Waals surface area (Å²) in [6.45, 7) is 0.236. The summed E-state index contributed by atoms with van der Waals surface area (Å²) in [6, 6.07) is 9.67. The molecule has 7 heteroatoms. The minimum absolute atomic E-state index is 0.00964. The summed E-state index contributed by atoms with van der Waals surface area (Å²) >= 11 is 0. The topological polar surface area (TPSA) is 92.4 Å². The van der Waals surface area contributed by atoms with Crippen molar-refractivity contribution >= 4 is 15.7 Å². The molecule has 2 aromatic rings. The molecule has 0 atom stereocenters. The summed E-state index contributed by atoms with van der Waals surface area (Å²) in [6.07, 6.45) is 0. The molecule has 2 aromatic carbocycles. The molecule has 2 rings (SSSR count). The lowest BCUT2D eigenvalue weighted by Gasteiger charge is -2.08. The number of rotatable bonds is 4. The van der Waals surface area contributed by atoms with Gasteiger partial charge in [0.1, 0.15) is 11.6 Å². The predicted molar refractivity (Wildman–Crippen MR) is 73.2 cm³/mol. The number of phenols is 1. The minimum atomic E-state index is -3.76. The van der Waals surface area contributed by atoms with Gasteiger partial charge in [-0.05, 0) is 35.9 Å². The summed E-state index contributed by atoms with van der Waals surface area (Å²) in [5, 5.41) is 17.2. The molecule has 0 aliphatic rings. The monoisotopic (exact) mass is 296 g/mol. The number of primary sulfonamides is 1. The number of sulfonamides is 1. The Morgan fingerprint density at radius 1 is 1.20 bits per heavy atom. The third-order valence-corrected chi connectivity index (χ3v) is 3.51. The van der Waals surface area contributed by atoms with Crippen LogP contribution in [0.15, 0.2) is 47.4 Å². The van der Waals surface area contributed by atoms with Gasteiger partial charge in [0, 0.05) is 18.3 Å². The van der Waals surface area contributed by atoms with Gasteiger partial charge in [0.15, 0.2) is 0 Å². The average Bonchev–Trinajstić information content (AvgIpc) is 2.35. The third kappa shape index (κ3) is 3.69. The second-order valence-corrected chi connectivity index (χ2v) is 5.81. The molecular formula is C13H13FN2O3S. The van der Waals surface area contributed by atoms with Crippen LogP contribution in [-0.2, 0) is 16.6 Å². The number of halogens is 1. The molecule has 20 heavy (non-hydrogen) atoms. The maximum atomic E-state index is 13.1. The highest BCUT2D eigenvalue weighted by Crippen LogP contribution is 2.18. The highest BCUT2D eigenvalue weighted by molar-refractivity contribution is 7.89. The van der Waals surface area contributed by atoms with Crippen molar-refractivity contribution in [2.45, 2.75) is 11.4 Å². The number of hydrogen-bond donors (Lipinski definition) is 3. The lowest BCUT2D eigenvalue weighted by molar-refractivity contribution is 0.468. The first-order valence-corrected chi connectivity index (χ1v) is 7.24. The zero-order valence-corrected chi connectivity index (χ0v) is 11.2. The van der Waals surface area contributed by atoms with E-state index in [1.807, 2.05) is 0 Å². The van der Waals surface area contributed by atoms with E-state index in [-0.39, 0.29) is 17.2 Å². The summed E-state index contributed by atoms with van der Waals surface area (Å²) < 4.78 is 35.5. The number of phenolic OH excluding ortho intramolecular Hbond substituents is 1. The van der Waals surface area contributed by atoms with E-state index in [1.165, 1.54) is 24.3 Å². The van der Waals surface area contributed by atoms with Crippen LogP contribution in [0.25, 0.3) is 0 Å². The second kappa shape index (κ2) is 5.48. The first-order chi connectivity index (χ1) is 9.34. The Kier molecular flexibility index (Phi) is 3.91. The van der Waals surface area contributed by atoms with Crippen LogP contribution in [0.4, 0.5) is 10.1 Å². The molecule has 0 bridgehead atoms. The van der Waals surface area contributed by atoms with Crippen molar-refractivity contribution in [3.05, 3.63) is 53.8 Å². The van der Waals surface area contributed by atoms with Crippen molar-refractivity contribution < 1.29 is 17.9 Å². The van der Waals surface area contributed by atoms with Gasteiger partial charge in [0.05, 0.1) is 4.90 Å². The maximum absolute atomic E-state index is 13.1. The highest BCUT2D eigenvalue weighted by Gasteiger charge is 2.08. The minimum Gasteiger partial charge on any atom is -0.508 e. The molecule has 0 saturated heterocycles. The molecule has 0 amide bonds. The molecule has 0 radical (unpaired) electrons. The van der Waals surface area contributed by atoms with Crippen LogP contribution in [0.1, 0.15) is 5.56 Å². The van der Waals surface area contributed by atoms with Gasteiger partial charge < -0.3 is 10.4 Å². The Morgan fingerprint density at radius 3 is 2.60 bits per heavy atom. The number of nitrogens with one attached hydrogen (secondary N) is 1. The Labute approximate surface area is 115 Å². The van der Waals surface area contributed by atoms with E-state index in [4.69, 9.17) is 5.14 Å². The first kappa shape index (κ1) is 14.3. The summed E-state index contributed by atoms with van der Waals surface area (Å²) in [4.78, 5) is -0.00964. The van der Waals surface area contributed by atoms with Gasteiger partial charge in [-0.2, -0.15) is 0 Å². The zero-order chi connectivity index (χ0) is 14.8. The molecule has 0 spiro atoms. The number of aromatic hydroxyl groups is 1. The third-order valence-electron chi connectivity index (χ3n) is 2.60. The van der Waals surface area contributed by atoms with Gasteiger partial charge in [-0.15, -0.1) is 0 Å². The standard InChI is InChI=1S/C13H13FN2O3S/c14-10-4-9(5-12(17)6-10)8-16-11-2-1-3-13(7-11)20(15,18)19/h1-7,16-17H,8H2,(H2,15,18,19). The summed E-state index contributed by atoms with van der Waals surface area (Å²) in [5.41, 5.74) is 1.06. The largest absolute Gasteiger partial charge is 0.508 e. The predicted octanol–water partition coefficient (Wildman–Crippen LogP) is 1.79. The van der Waals surface area contributed by atoms with E-state index < -0.39 is 15.8 Å². The lowest BCUT2D eigenvalue weighted by Crippen LogP contribution is -2.12. The number of benzene rings is 2. The van der Waals surface area contributed by atoms with Crippen LogP contribution in [0, 0.1) is 5.82 Å². The first-order valence-electron chi connectivity index (χ1n) is 5.70. The number of anilines is 1. The molecule has 0 fully saturated rings. The number of hydrogen-bond acceptors (Lipinski definition) is 4. The maximum Gasteiger partial charge on any atom is 0.238 e.